The molecule has 9 heteroatoms. The first kappa shape index (κ1) is 14.4. The summed E-state index contributed by atoms with van der Waals surface area (Å²) in [7, 11) is 0. The quantitative estimate of drug-likeness (QED) is 0.469. The van der Waals surface area contributed by atoms with Crippen LogP contribution in [0.1, 0.15) is 10.4 Å². The van der Waals surface area contributed by atoms with E-state index in [1.165, 1.54) is 0 Å². The van der Waals surface area contributed by atoms with Crippen LogP contribution in [-0.2, 0) is 0 Å². The lowest BCUT2D eigenvalue weighted by Gasteiger charge is -2.00. The number of nitro groups is 2. The number of carbonyl (C=O) groups is 1. The van der Waals surface area contributed by atoms with Crippen LogP contribution in [0.2, 0.25) is 0 Å². The van der Waals surface area contributed by atoms with Crippen LogP contribution in [0.15, 0.2) is 18.2 Å². The van der Waals surface area contributed by atoms with Crippen molar-refractivity contribution in [2.24, 2.45) is 0 Å². The molecule has 1 aromatic carbocycles. The first-order valence-electron chi connectivity index (χ1n) is 4.62. The van der Waals surface area contributed by atoms with Gasteiger partial charge in [-0.2, -0.15) is 0 Å². The van der Waals surface area contributed by atoms with Gasteiger partial charge in [-0.3, -0.25) is 25.0 Å². The van der Waals surface area contributed by atoms with E-state index in [2.05, 4.69) is 0 Å². The van der Waals surface area contributed by atoms with Crippen LogP contribution in [-0.4, -0.2) is 26.6 Å². The van der Waals surface area contributed by atoms with E-state index in [9.17, 15) is 25.0 Å². The van der Waals surface area contributed by atoms with E-state index < -0.39 is 26.3 Å². The average Bonchev–Trinajstić information content (AvgIpc) is 2.35. The van der Waals surface area contributed by atoms with Crippen LogP contribution in [0.25, 0.3) is 0 Å². The van der Waals surface area contributed by atoms with Crippen LogP contribution in [0.4, 0.5) is 11.4 Å². The van der Waals surface area contributed by atoms with Crippen molar-refractivity contribution in [3.05, 3.63) is 44.0 Å². The second kappa shape index (κ2) is 6.31. The van der Waals surface area contributed by atoms with Crippen molar-refractivity contribution in [3.8, 4) is 0 Å². The summed E-state index contributed by atoms with van der Waals surface area (Å²) in [6, 6.07) is 2.83. The third-order valence-electron chi connectivity index (χ3n) is 1.87. The number of thioether (sulfide) groups is 1. The topological polar surface area (TPSA) is 103 Å². The van der Waals surface area contributed by atoms with Gasteiger partial charge in [0.2, 0.25) is 5.12 Å². The summed E-state index contributed by atoms with van der Waals surface area (Å²) >= 11 is 6.26. The average molecular weight is 291 g/mol. The maximum Gasteiger partial charge on any atom is 0.277 e. The molecule has 0 fully saturated rings. The molecule has 0 saturated heterocycles. The number of hydrogen-bond donors (Lipinski definition) is 0. The predicted octanol–water partition coefficient (Wildman–Crippen LogP) is 2.62. The van der Waals surface area contributed by atoms with Gasteiger partial charge in [0.25, 0.3) is 11.4 Å². The van der Waals surface area contributed by atoms with Crippen LogP contribution >= 0.6 is 23.4 Å². The fraction of sp³-hybridized carbons (Fsp3) is 0.222. The Balaban J connectivity index is 3.14. The molecule has 0 spiro atoms. The molecule has 0 radical (unpaired) electrons. The van der Waals surface area contributed by atoms with Crippen LogP contribution in [0, 0.1) is 20.2 Å². The van der Waals surface area contributed by atoms with E-state index in [4.69, 9.17) is 11.6 Å². The molecule has 7 nitrogen and oxygen atoms in total. The van der Waals surface area contributed by atoms with E-state index in [1.54, 1.807) is 0 Å². The van der Waals surface area contributed by atoms with E-state index in [1.807, 2.05) is 0 Å². The van der Waals surface area contributed by atoms with Crippen LogP contribution < -0.4 is 0 Å². The third-order valence-corrected chi connectivity index (χ3v) is 3.19. The van der Waals surface area contributed by atoms with Crippen molar-refractivity contribution >= 4 is 39.9 Å². The Bertz CT molecular complexity index is 475. The van der Waals surface area contributed by atoms with Crippen LogP contribution in [0.3, 0.4) is 0 Å². The number of carbonyl (C=O) groups excluding carboxylic acids is 1. The van der Waals surface area contributed by atoms with Gasteiger partial charge in [-0.1, -0.05) is 11.8 Å². The van der Waals surface area contributed by atoms with Gasteiger partial charge in [-0.15, -0.1) is 11.6 Å². The fourth-order valence-corrected chi connectivity index (χ4v) is 1.92. The largest absolute Gasteiger partial charge is 0.282 e. The summed E-state index contributed by atoms with van der Waals surface area (Å²) in [5, 5.41) is 20.7. The molecular formula is C9H7ClN2O5S. The Morgan fingerprint density at radius 3 is 2.06 bits per heavy atom. The van der Waals surface area contributed by atoms with E-state index in [0.717, 1.165) is 30.0 Å². The second-order valence-corrected chi connectivity index (χ2v) is 4.52. The lowest BCUT2D eigenvalue weighted by Crippen LogP contribution is -2.00. The highest BCUT2D eigenvalue weighted by atomic mass is 35.5. The van der Waals surface area contributed by atoms with Crippen molar-refractivity contribution in [2.75, 3.05) is 11.6 Å². The lowest BCUT2D eigenvalue weighted by atomic mass is 10.2. The van der Waals surface area contributed by atoms with Crippen molar-refractivity contribution in [2.45, 2.75) is 0 Å². The molecule has 0 unspecified atom stereocenters. The zero-order valence-corrected chi connectivity index (χ0v) is 10.4. The Kier molecular flexibility index (Phi) is 5.05. The molecule has 0 bridgehead atoms. The summed E-state index contributed by atoms with van der Waals surface area (Å²) < 4.78 is 0. The molecule has 0 aliphatic carbocycles. The van der Waals surface area contributed by atoms with Gasteiger partial charge in [0.1, 0.15) is 0 Å². The number of nitrogens with zero attached hydrogens (tertiary/aromatic N) is 2. The molecule has 96 valence electrons. The molecule has 0 aromatic heterocycles. The molecule has 0 aliphatic rings. The number of halogens is 1. The van der Waals surface area contributed by atoms with Crippen LogP contribution in [0.5, 0.6) is 0 Å². The second-order valence-electron chi connectivity index (χ2n) is 3.08. The molecule has 18 heavy (non-hydrogen) atoms. The minimum absolute atomic E-state index is 0.0778. The van der Waals surface area contributed by atoms with Gasteiger partial charge in [0, 0.05) is 29.3 Å². The number of hydrogen-bond acceptors (Lipinski definition) is 6. The highest BCUT2D eigenvalue weighted by Crippen LogP contribution is 2.25. The first-order chi connectivity index (χ1) is 8.45. The van der Waals surface area contributed by atoms with Gasteiger partial charge >= 0.3 is 0 Å². The molecule has 0 heterocycles. The van der Waals surface area contributed by atoms with Gasteiger partial charge in [0.05, 0.1) is 15.9 Å². The lowest BCUT2D eigenvalue weighted by molar-refractivity contribution is -0.394. The van der Waals surface area contributed by atoms with Gasteiger partial charge in [-0.25, -0.2) is 0 Å². The van der Waals surface area contributed by atoms with Gasteiger partial charge < -0.3 is 0 Å². The molecule has 0 aliphatic heterocycles. The van der Waals surface area contributed by atoms with Gasteiger partial charge in [0.15, 0.2) is 0 Å². The smallest absolute Gasteiger partial charge is 0.277 e. The fourth-order valence-electron chi connectivity index (χ4n) is 1.14. The number of alkyl halides is 1. The number of non-ortho nitro benzene ring substituents is 2. The summed E-state index contributed by atoms with van der Waals surface area (Å²) in [5.41, 5.74) is -1.05. The summed E-state index contributed by atoms with van der Waals surface area (Å²) in [5.74, 6) is 0.574. The predicted molar refractivity (Wildman–Crippen MR) is 67.3 cm³/mol. The van der Waals surface area contributed by atoms with Crippen molar-refractivity contribution in [3.63, 3.8) is 0 Å². The molecular weight excluding hydrogens is 284 g/mol. The Morgan fingerprint density at radius 2 is 1.67 bits per heavy atom. The molecule has 0 amide bonds. The summed E-state index contributed by atoms with van der Waals surface area (Å²) in [6.45, 7) is 0. The first-order valence-corrected chi connectivity index (χ1v) is 6.14. The molecule has 1 aromatic rings. The maximum absolute atomic E-state index is 11.6. The van der Waals surface area contributed by atoms with E-state index in [-0.39, 0.29) is 11.4 Å². The standard InChI is InChI=1S/C9H7ClN2O5S/c10-1-2-18-9(13)6-3-7(11(14)15)5-8(4-6)12(16)17/h3-5H,1-2H2. The SMILES string of the molecule is O=C(SCCCl)c1cc([N+](=O)[O-])cc([N+](=O)[O-])c1. The van der Waals surface area contributed by atoms with Gasteiger partial charge in [-0.05, 0) is 0 Å². The third kappa shape index (κ3) is 3.67. The summed E-state index contributed by atoms with van der Waals surface area (Å²) in [6.07, 6.45) is 0. The zero-order chi connectivity index (χ0) is 13.7. The van der Waals surface area contributed by atoms with Crippen molar-refractivity contribution in [1.29, 1.82) is 0 Å². The summed E-state index contributed by atoms with van der Waals surface area (Å²) in [4.78, 5) is 31.3. The molecule has 0 N–H and O–H groups in total. The minimum Gasteiger partial charge on any atom is -0.282 e. The Hall–Kier alpha value is -1.67. The van der Waals surface area contributed by atoms with Crippen molar-refractivity contribution in [1.82, 2.24) is 0 Å². The van der Waals surface area contributed by atoms with E-state index in [0.29, 0.717) is 5.75 Å². The number of rotatable bonds is 5. The zero-order valence-electron chi connectivity index (χ0n) is 8.87. The highest BCUT2D eigenvalue weighted by Gasteiger charge is 2.19. The number of benzene rings is 1. The van der Waals surface area contributed by atoms with E-state index >= 15 is 0 Å². The maximum atomic E-state index is 11.6. The molecule has 0 saturated carbocycles. The molecule has 1 rings (SSSR count). The molecule has 0 atom stereocenters. The monoisotopic (exact) mass is 290 g/mol. The Morgan fingerprint density at radius 1 is 1.17 bits per heavy atom. The normalized spacial score (nSPS) is 10.1. The minimum atomic E-state index is -0.782. The number of nitro benzene ring substituents is 2. The van der Waals surface area contributed by atoms with Crippen molar-refractivity contribution < 1.29 is 14.6 Å². The Labute approximate surface area is 110 Å². The highest BCUT2D eigenvalue weighted by molar-refractivity contribution is 8.14.